The van der Waals surface area contributed by atoms with Gasteiger partial charge in [0.1, 0.15) is 0 Å². The molecule has 1 rings (SSSR count). The number of anilines is 2. The summed E-state index contributed by atoms with van der Waals surface area (Å²) in [5.41, 5.74) is 13.2. The molecular formula is C8H12N2S2. The summed E-state index contributed by atoms with van der Waals surface area (Å²) >= 11 is 3.23. The van der Waals surface area contributed by atoms with E-state index in [0.29, 0.717) is 0 Å². The molecule has 0 saturated carbocycles. The molecule has 0 fully saturated rings. The highest BCUT2D eigenvalue weighted by molar-refractivity contribution is 7.99. The second-order valence-electron chi connectivity index (χ2n) is 2.34. The Hall–Kier alpha value is -0.480. The maximum Gasteiger partial charge on any atom is 0.0464 e. The number of thioether (sulfide) groups is 2. The zero-order valence-corrected chi connectivity index (χ0v) is 8.76. The molecule has 0 aliphatic heterocycles. The molecule has 0 heterocycles. The van der Waals surface area contributed by atoms with Crippen molar-refractivity contribution in [1.29, 1.82) is 0 Å². The molecule has 0 amide bonds. The average Bonchev–Trinajstić information content (AvgIpc) is 2.08. The molecular weight excluding hydrogens is 188 g/mol. The number of hydrogen-bond donors (Lipinski definition) is 2. The van der Waals surface area contributed by atoms with Gasteiger partial charge in [0.2, 0.25) is 0 Å². The third-order valence-corrected chi connectivity index (χ3v) is 3.17. The van der Waals surface area contributed by atoms with Crippen LogP contribution in [0.1, 0.15) is 0 Å². The van der Waals surface area contributed by atoms with Crippen molar-refractivity contribution in [3.63, 3.8) is 0 Å². The normalized spacial score (nSPS) is 10.2. The molecule has 0 aliphatic carbocycles. The quantitative estimate of drug-likeness (QED) is 0.568. The van der Waals surface area contributed by atoms with E-state index in [9.17, 15) is 0 Å². The van der Waals surface area contributed by atoms with Crippen molar-refractivity contribution in [3.8, 4) is 0 Å². The first-order chi connectivity index (χ1) is 5.69. The SMILES string of the molecule is CSc1cc(N)c(SC)cc1N. The molecule has 0 aliphatic rings. The van der Waals surface area contributed by atoms with Gasteiger partial charge in [-0.3, -0.25) is 0 Å². The summed E-state index contributed by atoms with van der Waals surface area (Å²) in [4.78, 5) is 2.09. The minimum atomic E-state index is 0.807. The van der Waals surface area contributed by atoms with Crippen molar-refractivity contribution in [2.45, 2.75) is 9.79 Å². The third kappa shape index (κ3) is 1.81. The molecule has 0 spiro atoms. The van der Waals surface area contributed by atoms with Crippen molar-refractivity contribution in [2.24, 2.45) is 0 Å². The van der Waals surface area contributed by atoms with Crippen LogP contribution in [0.25, 0.3) is 0 Å². The second kappa shape index (κ2) is 3.96. The molecule has 0 unspecified atom stereocenters. The number of benzene rings is 1. The summed E-state index contributed by atoms with van der Waals surface area (Å²) in [5.74, 6) is 0. The van der Waals surface area contributed by atoms with Crippen LogP contribution < -0.4 is 11.5 Å². The summed E-state index contributed by atoms with van der Waals surface area (Å²) in [6, 6.07) is 3.84. The molecule has 1 aromatic rings. The lowest BCUT2D eigenvalue weighted by Gasteiger charge is -2.07. The molecule has 4 N–H and O–H groups in total. The number of nitrogens with two attached hydrogens (primary N) is 2. The van der Waals surface area contributed by atoms with Crippen molar-refractivity contribution in [1.82, 2.24) is 0 Å². The van der Waals surface area contributed by atoms with Crippen LogP contribution in [0.5, 0.6) is 0 Å². The van der Waals surface area contributed by atoms with Gasteiger partial charge in [0, 0.05) is 21.2 Å². The summed E-state index contributed by atoms with van der Waals surface area (Å²) in [7, 11) is 0. The van der Waals surface area contributed by atoms with Crippen LogP contribution in [0.4, 0.5) is 11.4 Å². The number of nitrogen functional groups attached to an aromatic ring is 2. The highest BCUT2D eigenvalue weighted by atomic mass is 32.2. The Balaban J connectivity index is 3.16. The van der Waals surface area contributed by atoms with E-state index < -0.39 is 0 Å². The Bertz CT molecular complexity index is 257. The first-order valence-corrected chi connectivity index (χ1v) is 5.91. The zero-order valence-electron chi connectivity index (χ0n) is 7.13. The maximum atomic E-state index is 5.79. The van der Waals surface area contributed by atoms with Gasteiger partial charge in [-0.25, -0.2) is 0 Å². The van der Waals surface area contributed by atoms with Gasteiger partial charge in [-0.05, 0) is 24.6 Å². The van der Waals surface area contributed by atoms with E-state index in [1.165, 1.54) is 0 Å². The lowest BCUT2D eigenvalue weighted by atomic mass is 10.3. The van der Waals surface area contributed by atoms with Gasteiger partial charge in [0.25, 0.3) is 0 Å². The van der Waals surface area contributed by atoms with Gasteiger partial charge in [-0.2, -0.15) is 0 Å². The molecule has 1 aromatic carbocycles. The van der Waals surface area contributed by atoms with Gasteiger partial charge in [-0.15, -0.1) is 23.5 Å². The predicted octanol–water partition coefficient (Wildman–Crippen LogP) is 2.29. The summed E-state index contributed by atoms with van der Waals surface area (Å²) in [6.07, 6.45) is 3.98. The fraction of sp³-hybridized carbons (Fsp3) is 0.250. The lowest BCUT2D eigenvalue weighted by Crippen LogP contribution is -1.94. The maximum absolute atomic E-state index is 5.79. The predicted molar refractivity (Wildman–Crippen MR) is 58.8 cm³/mol. The van der Waals surface area contributed by atoms with E-state index in [4.69, 9.17) is 11.5 Å². The second-order valence-corrected chi connectivity index (χ2v) is 4.03. The van der Waals surface area contributed by atoms with Crippen LogP contribution in [0.2, 0.25) is 0 Å². The molecule has 0 aromatic heterocycles. The Morgan fingerprint density at radius 2 is 1.25 bits per heavy atom. The summed E-state index contributed by atoms with van der Waals surface area (Å²) < 4.78 is 0. The van der Waals surface area contributed by atoms with Crippen LogP contribution in [-0.2, 0) is 0 Å². The van der Waals surface area contributed by atoms with Gasteiger partial charge in [0.15, 0.2) is 0 Å². The Labute approximate surface area is 81.1 Å². The smallest absolute Gasteiger partial charge is 0.0464 e. The molecule has 12 heavy (non-hydrogen) atoms. The van der Waals surface area contributed by atoms with Crippen LogP contribution in [0.3, 0.4) is 0 Å². The van der Waals surface area contributed by atoms with Crippen molar-refractivity contribution in [3.05, 3.63) is 12.1 Å². The number of rotatable bonds is 2. The zero-order chi connectivity index (χ0) is 9.14. The highest BCUT2D eigenvalue weighted by Crippen LogP contribution is 2.32. The first-order valence-electron chi connectivity index (χ1n) is 3.46. The van der Waals surface area contributed by atoms with Crippen LogP contribution >= 0.6 is 23.5 Å². The molecule has 4 heteroatoms. The van der Waals surface area contributed by atoms with Gasteiger partial charge in [-0.1, -0.05) is 0 Å². The third-order valence-electron chi connectivity index (χ3n) is 1.58. The Morgan fingerprint density at radius 3 is 1.50 bits per heavy atom. The Morgan fingerprint density at radius 1 is 0.917 bits per heavy atom. The fourth-order valence-corrected chi connectivity index (χ4v) is 2.02. The van der Waals surface area contributed by atoms with E-state index in [0.717, 1.165) is 21.2 Å². The first kappa shape index (κ1) is 9.61. The van der Waals surface area contributed by atoms with E-state index in [2.05, 4.69) is 0 Å². The molecule has 2 nitrogen and oxygen atoms in total. The van der Waals surface area contributed by atoms with Crippen molar-refractivity contribution < 1.29 is 0 Å². The van der Waals surface area contributed by atoms with Crippen LogP contribution in [-0.4, -0.2) is 12.5 Å². The van der Waals surface area contributed by atoms with E-state index in [1.807, 2.05) is 24.6 Å². The van der Waals surface area contributed by atoms with E-state index in [1.54, 1.807) is 23.5 Å². The minimum absolute atomic E-state index is 0.807. The average molecular weight is 200 g/mol. The van der Waals surface area contributed by atoms with Gasteiger partial charge in [0.05, 0.1) is 0 Å². The monoisotopic (exact) mass is 200 g/mol. The van der Waals surface area contributed by atoms with E-state index >= 15 is 0 Å². The molecule has 0 saturated heterocycles. The van der Waals surface area contributed by atoms with Crippen LogP contribution in [0, 0.1) is 0 Å². The lowest BCUT2D eigenvalue weighted by molar-refractivity contribution is 1.37. The summed E-state index contributed by atoms with van der Waals surface area (Å²) in [5, 5.41) is 0. The van der Waals surface area contributed by atoms with Gasteiger partial charge < -0.3 is 11.5 Å². The molecule has 0 radical (unpaired) electrons. The summed E-state index contributed by atoms with van der Waals surface area (Å²) in [6.45, 7) is 0. The molecule has 0 bridgehead atoms. The minimum Gasteiger partial charge on any atom is -0.398 e. The van der Waals surface area contributed by atoms with Gasteiger partial charge >= 0.3 is 0 Å². The highest BCUT2D eigenvalue weighted by Gasteiger charge is 2.03. The fourth-order valence-electron chi connectivity index (χ4n) is 0.945. The molecule has 0 atom stereocenters. The van der Waals surface area contributed by atoms with Crippen molar-refractivity contribution >= 4 is 34.9 Å². The topological polar surface area (TPSA) is 52.0 Å². The largest absolute Gasteiger partial charge is 0.398 e. The Kier molecular flexibility index (Phi) is 3.17. The molecule has 66 valence electrons. The van der Waals surface area contributed by atoms with Crippen molar-refractivity contribution in [2.75, 3.05) is 24.0 Å². The standard InChI is InChI=1S/C8H12N2S2/c1-11-7-3-6(10)8(12-2)4-5(7)9/h3-4H,9-10H2,1-2H3. The number of hydrogen-bond acceptors (Lipinski definition) is 4. The van der Waals surface area contributed by atoms with Crippen LogP contribution in [0.15, 0.2) is 21.9 Å². The van der Waals surface area contributed by atoms with E-state index in [-0.39, 0.29) is 0 Å².